The van der Waals surface area contributed by atoms with Gasteiger partial charge in [0.2, 0.25) is 0 Å². The lowest BCUT2D eigenvalue weighted by molar-refractivity contribution is -0.137. The first kappa shape index (κ1) is 16.1. The van der Waals surface area contributed by atoms with E-state index in [1.165, 1.54) is 16.8 Å². The van der Waals surface area contributed by atoms with Crippen molar-refractivity contribution >= 4 is 5.97 Å². The minimum Gasteiger partial charge on any atom is -0.478 e. The van der Waals surface area contributed by atoms with Crippen molar-refractivity contribution in [2.45, 2.75) is 25.9 Å². The van der Waals surface area contributed by atoms with Crippen molar-refractivity contribution in [2.24, 2.45) is 7.05 Å². The Morgan fingerprint density at radius 2 is 1.82 bits per heavy atom. The van der Waals surface area contributed by atoms with E-state index in [1.807, 2.05) is 0 Å². The summed E-state index contributed by atoms with van der Waals surface area (Å²) in [5, 5.41) is 13.3. The van der Waals surface area contributed by atoms with Crippen molar-refractivity contribution in [1.82, 2.24) is 9.78 Å². The van der Waals surface area contributed by atoms with Crippen LogP contribution in [0.1, 0.15) is 32.9 Å². The van der Waals surface area contributed by atoms with Crippen LogP contribution < -0.4 is 0 Å². The molecular weight excluding hydrogens is 297 g/mol. The van der Waals surface area contributed by atoms with Gasteiger partial charge in [-0.1, -0.05) is 12.1 Å². The lowest BCUT2D eigenvalue weighted by Gasteiger charge is -2.08. The molecule has 7 heteroatoms. The van der Waals surface area contributed by atoms with Gasteiger partial charge in [-0.25, -0.2) is 4.79 Å². The topological polar surface area (TPSA) is 55.1 Å². The predicted octanol–water partition coefficient (Wildman–Crippen LogP) is 3.23. The van der Waals surface area contributed by atoms with Gasteiger partial charge in [0.1, 0.15) is 5.56 Å². The highest BCUT2D eigenvalue weighted by Crippen LogP contribution is 2.29. The number of carboxylic acids is 1. The Labute approximate surface area is 125 Å². The summed E-state index contributed by atoms with van der Waals surface area (Å²) in [7, 11) is 1.65. The number of aromatic nitrogens is 2. The standard InChI is InChI=1S/C15H15F3N2O2/c1-9-13(14(21)22)12(20(2)19-9)8-5-10-3-6-11(7-4-10)15(16,17)18/h3-4,6-7H,5,8H2,1-2H3,(H,21,22). The molecule has 1 aromatic heterocycles. The van der Waals surface area contributed by atoms with Gasteiger partial charge in [0, 0.05) is 7.05 Å². The summed E-state index contributed by atoms with van der Waals surface area (Å²) in [6.07, 6.45) is -3.52. The number of carbonyl (C=O) groups is 1. The fourth-order valence-corrected chi connectivity index (χ4v) is 2.39. The highest BCUT2D eigenvalue weighted by Gasteiger charge is 2.29. The monoisotopic (exact) mass is 312 g/mol. The molecule has 2 aromatic rings. The number of benzene rings is 1. The minimum atomic E-state index is -4.35. The van der Waals surface area contributed by atoms with Gasteiger partial charge in [-0.05, 0) is 37.5 Å². The molecule has 0 amide bonds. The second-order valence-corrected chi connectivity index (χ2v) is 5.03. The van der Waals surface area contributed by atoms with E-state index in [2.05, 4.69) is 5.10 Å². The molecule has 0 bridgehead atoms. The Kier molecular flexibility index (Phi) is 4.25. The summed E-state index contributed by atoms with van der Waals surface area (Å²) in [6.45, 7) is 1.62. The van der Waals surface area contributed by atoms with Crippen LogP contribution in [0, 0.1) is 6.92 Å². The molecule has 4 nitrogen and oxygen atoms in total. The van der Waals surface area contributed by atoms with Crippen LogP contribution >= 0.6 is 0 Å². The number of nitrogens with zero attached hydrogens (tertiary/aromatic N) is 2. The second kappa shape index (κ2) is 5.82. The molecule has 0 unspecified atom stereocenters. The van der Waals surface area contributed by atoms with Crippen molar-refractivity contribution in [3.8, 4) is 0 Å². The number of hydrogen-bond donors (Lipinski definition) is 1. The lowest BCUT2D eigenvalue weighted by atomic mass is 10.0. The maximum atomic E-state index is 12.5. The number of halogens is 3. The van der Waals surface area contributed by atoms with Crippen molar-refractivity contribution < 1.29 is 23.1 Å². The van der Waals surface area contributed by atoms with Crippen LogP contribution in [0.2, 0.25) is 0 Å². The van der Waals surface area contributed by atoms with Crippen molar-refractivity contribution in [3.05, 3.63) is 52.3 Å². The van der Waals surface area contributed by atoms with Crippen LogP contribution in [0.4, 0.5) is 13.2 Å². The molecule has 0 aliphatic carbocycles. The normalized spacial score (nSPS) is 11.7. The van der Waals surface area contributed by atoms with Crippen LogP contribution in [-0.4, -0.2) is 20.9 Å². The number of carboxylic acid groups (broad SMARTS) is 1. The Bertz CT molecular complexity index is 688. The van der Waals surface area contributed by atoms with E-state index in [1.54, 1.807) is 14.0 Å². The van der Waals surface area contributed by atoms with Crippen LogP contribution in [-0.2, 0) is 26.1 Å². The zero-order valence-corrected chi connectivity index (χ0v) is 12.1. The van der Waals surface area contributed by atoms with Gasteiger partial charge in [-0.15, -0.1) is 0 Å². The first-order valence-corrected chi connectivity index (χ1v) is 6.62. The van der Waals surface area contributed by atoms with Gasteiger partial charge in [0.15, 0.2) is 0 Å². The fourth-order valence-electron chi connectivity index (χ4n) is 2.39. The predicted molar refractivity (Wildman–Crippen MR) is 73.8 cm³/mol. The van der Waals surface area contributed by atoms with Gasteiger partial charge >= 0.3 is 12.1 Å². The number of alkyl halides is 3. The Morgan fingerprint density at radius 3 is 2.32 bits per heavy atom. The first-order valence-electron chi connectivity index (χ1n) is 6.62. The summed E-state index contributed by atoms with van der Waals surface area (Å²) < 4.78 is 39.0. The summed E-state index contributed by atoms with van der Waals surface area (Å²) in [6, 6.07) is 4.88. The van der Waals surface area contributed by atoms with E-state index in [0.29, 0.717) is 29.8 Å². The zero-order valence-electron chi connectivity index (χ0n) is 12.1. The second-order valence-electron chi connectivity index (χ2n) is 5.03. The highest BCUT2D eigenvalue weighted by molar-refractivity contribution is 5.90. The smallest absolute Gasteiger partial charge is 0.416 e. The molecule has 2 rings (SSSR count). The molecule has 1 aromatic carbocycles. The molecule has 118 valence electrons. The van der Waals surface area contributed by atoms with Crippen molar-refractivity contribution in [3.63, 3.8) is 0 Å². The average molecular weight is 312 g/mol. The Morgan fingerprint density at radius 1 is 1.23 bits per heavy atom. The van der Waals surface area contributed by atoms with E-state index < -0.39 is 17.7 Å². The Hall–Kier alpha value is -2.31. The van der Waals surface area contributed by atoms with Crippen molar-refractivity contribution in [2.75, 3.05) is 0 Å². The Balaban J connectivity index is 2.16. The number of aryl methyl sites for hydroxylation is 3. The molecule has 22 heavy (non-hydrogen) atoms. The minimum absolute atomic E-state index is 0.161. The largest absolute Gasteiger partial charge is 0.478 e. The van der Waals surface area contributed by atoms with Gasteiger partial charge in [-0.3, -0.25) is 4.68 Å². The lowest BCUT2D eigenvalue weighted by Crippen LogP contribution is -2.07. The highest BCUT2D eigenvalue weighted by atomic mass is 19.4. The van der Waals surface area contributed by atoms with Gasteiger partial charge in [-0.2, -0.15) is 18.3 Å². The van der Waals surface area contributed by atoms with Crippen molar-refractivity contribution in [1.29, 1.82) is 0 Å². The molecule has 0 atom stereocenters. The van der Waals surface area contributed by atoms with Crippen LogP contribution in [0.3, 0.4) is 0 Å². The summed E-state index contributed by atoms with van der Waals surface area (Å²) in [5.41, 5.74) is 1.17. The molecule has 0 saturated heterocycles. The molecule has 0 saturated carbocycles. The third-order valence-corrected chi connectivity index (χ3v) is 3.49. The molecule has 0 spiro atoms. The average Bonchev–Trinajstić information content (AvgIpc) is 2.70. The third-order valence-electron chi connectivity index (χ3n) is 3.49. The fraction of sp³-hybridized carbons (Fsp3) is 0.333. The van der Waals surface area contributed by atoms with E-state index in [9.17, 15) is 23.1 Å². The zero-order chi connectivity index (χ0) is 16.5. The molecule has 1 heterocycles. The van der Waals surface area contributed by atoms with E-state index >= 15 is 0 Å². The SMILES string of the molecule is Cc1nn(C)c(CCc2ccc(C(F)(F)F)cc2)c1C(=O)O. The van der Waals surface area contributed by atoms with Crippen LogP contribution in [0.15, 0.2) is 24.3 Å². The van der Waals surface area contributed by atoms with E-state index in [0.717, 1.165) is 12.1 Å². The molecular formula is C15H15F3N2O2. The maximum absolute atomic E-state index is 12.5. The summed E-state index contributed by atoms with van der Waals surface area (Å²) >= 11 is 0. The number of rotatable bonds is 4. The van der Waals surface area contributed by atoms with Crippen LogP contribution in [0.5, 0.6) is 0 Å². The molecule has 0 aliphatic heterocycles. The van der Waals surface area contributed by atoms with Crippen LogP contribution in [0.25, 0.3) is 0 Å². The van der Waals surface area contributed by atoms with Gasteiger partial charge in [0.05, 0.1) is 17.0 Å². The number of hydrogen-bond acceptors (Lipinski definition) is 2. The first-order chi connectivity index (χ1) is 10.2. The van der Waals surface area contributed by atoms with E-state index in [-0.39, 0.29) is 5.56 Å². The molecule has 0 fully saturated rings. The molecule has 0 aliphatic rings. The quantitative estimate of drug-likeness (QED) is 0.943. The number of aromatic carboxylic acids is 1. The van der Waals surface area contributed by atoms with Gasteiger partial charge in [0.25, 0.3) is 0 Å². The molecule has 0 radical (unpaired) electrons. The third kappa shape index (κ3) is 3.29. The molecule has 1 N–H and O–H groups in total. The van der Waals surface area contributed by atoms with E-state index in [4.69, 9.17) is 0 Å². The van der Waals surface area contributed by atoms with Gasteiger partial charge < -0.3 is 5.11 Å². The maximum Gasteiger partial charge on any atom is 0.416 e. The summed E-state index contributed by atoms with van der Waals surface area (Å²) in [5.74, 6) is -1.05. The summed E-state index contributed by atoms with van der Waals surface area (Å²) in [4.78, 5) is 11.2.